The van der Waals surface area contributed by atoms with Gasteiger partial charge in [-0.1, -0.05) is 56.1 Å². The number of fused-ring (bicyclic) bond motifs is 1. The Hall–Kier alpha value is -0.260. The average Bonchev–Trinajstić information content (AvgIpc) is 2.57. The topological polar surface area (TPSA) is 18.5 Å². The summed E-state index contributed by atoms with van der Waals surface area (Å²) in [5.41, 5.74) is 0. The van der Waals surface area contributed by atoms with Crippen LogP contribution in [0, 0.1) is 0 Å². The van der Waals surface area contributed by atoms with Crippen LogP contribution in [-0.4, -0.2) is 23.9 Å². The van der Waals surface area contributed by atoms with E-state index in [1.807, 2.05) is 18.2 Å². The zero-order valence-corrected chi connectivity index (χ0v) is 17.8. The molecule has 0 aromatic heterocycles. The Morgan fingerprint density at radius 1 is 0.783 bits per heavy atom. The van der Waals surface area contributed by atoms with Crippen LogP contribution in [-0.2, 0) is 0 Å². The number of hydrogen-bond acceptors (Lipinski definition) is 2. The SMILES string of the molecule is BrCCCCOc1cc(Br)c(OCCCCBr)c2ccccc12. The first-order valence-electron chi connectivity index (χ1n) is 7.86. The number of alkyl halides is 2. The molecule has 0 saturated carbocycles. The van der Waals surface area contributed by atoms with Crippen LogP contribution in [0.2, 0.25) is 0 Å². The molecule has 0 spiro atoms. The van der Waals surface area contributed by atoms with E-state index in [0.29, 0.717) is 0 Å². The van der Waals surface area contributed by atoms with Gasteiger partial charge in [0.15, 0.2) is 0 Å². The van der Waals surface area contributed by atoms with Crippen molar-refractivity contribution in [1.82, 2.24) is 0 Å². The highest BCUT2D eigenvalue weighted by Gasteiger charge is 2.12. The second-order valence-electron chi connectivity index (χ2n) is 5.22. The van der Waals surface area contributed by atoms with Gasteiger partial charge in [-0.25, -0.2) is 0 Å². The largest absolute Gasteiger partial charge is 0.493 e. The molecule has 5 heteroatoms. The Morgan fingerprint density at radius 3 is 2.04 bits per heavy atom. The van der Waals surface area contributed by atoms with Crippen LogP contribution >= 0.6 is 47.8 Å². The van der Waals surface area contributed by atoms with E-state index in [4.69, 9.17) is 9.47 Å². The summed E-state index contributed by atoms with van der Waals surface area (Å²) in [7, 11) is 0. The van der Waals surface area contributed by atoms with E-state index in [2.05, 4.69) is 59.9 Å². The van der Waals surface area contributed by atoms with Gasteiger partial charge in [0.1, 0.15) is 11.5 Å². The molecule has 2 aromatic rings. The molecule has 2 aromatic carbocycles. The zero-order valence-electron chi connectivity index (χ0n) is 13.0. The van der Waals surface area contributed by atoms with Gasteiger partial charge in [-0.05, 0) is 47.7 Å². The molecular formula is C18H21Br3O2. The number of ether oxygens (including phenoxy) is 2. The van der Waals surface area contributed by atoms with E-state index in [9.17, 15) is 0 Å². The molecule has 0 aliphatic carbocycles. The maximum atomic E-state index is 6.02. The molecule has 2 nitrogen and oxygen atoms in total. The Kier molecular flexibility index (Phi) is 8.77. The monoisotopic (exact) mass is 506 g/mol. The van der Waals surface area contributed by atoms with Crippen LogP contribution in [0.4, 0.5) is 0 Å². The summed E-state index contributed by atoms with van der Waals surface area (Å²) in [6, 6.07) is 10.3. The molecule has 0 aliphatic heterocycles. The molecule has 0 saturated heterocycles. The number of benzene rings is 2. The second-order valence-corrected chi connectivity index (χ2v) is 7.66. The third kappa shape index (κ3) is 5.64. The predicted molar refractivity (Wildman–Crippen MR) is 109 cm³/mol. The van der Waals surface area contributed by atoms with Crippen LogP contribution in [0.15, 0.2) is 34.8 Å². The summed E-state index contributed by atoms with van der Waals surface area (Å²) in [6.45, 7) is 1.45. The fourth-order valence-corrected chi connectivity index (χ4v) is 3.63. The quantitative estimate of drug-likeness (QED) is 0.262. The number of unbranched alkanes of at least 4 members (excludes halogenated alkanes) is 2. The van der Waals surface area contributed by atoms with Gasteiger partial charge < -0.3 is 9.47 Å². The van der Waals surface area contributed by atoms with Crippen molar-refractivity contribution >= 4 is 58.6 Å². The summed E-state index contributed by atoms with van der Waals surface area (Å²) < 4.78 is 13.0. The fraction of sp³-hybridized carbons (Fsp3) is 0.444. The first-order valence-corrected chi connectivity index (χ1v) is 10.9. The molecule has 0 aliphatic rings. The van der Waals surface area contributed by atoms with Crippen molar-refractivity contribution in [2.24, 2.45) is 0 Å². The van der Waals surface area contributed by atoms with Crippen molar-refractivity contribution in [1.29, 1.82) is 0 Å². The lowest BCUT2D eigenvalue weighted by molar-refractivity contribution is 0.305. The summed E-state index contributed by atoms with van der Waals surface area (Å²) >= 11 is 10.5. The lowest BCUT2D eigenvalue weighted by Crippen LogP contribution is -2.01. The van der Waals surface area contributed by atoms with Gasteiger partial charge in [0.2, 0.25) is 0 Å². The third-order valence-corrected chi connectivity index (χ3v) is 5.18. The van der Waals surface area contributed by atoms with E-state index in [-0.39, 0.29) is 0 Å². The number of hydrogen-bond donors (Lipinski definition) is 0. The van der Waals surface area contributed by atoms with Gasteiger partial charge in [-0.2, -0.15) is 0 Å². The van der Waals surface area contributed by atoms with Gasteiger partial charge in [-0.15, -0.1) is 0 Å². The van der Waals surface area contributed by atoms with Gasteiger partial charge >= 0.3 is 0 Å². The maximum absolute atomic E-state index is 6.02. The predicted octanol–water partition coefficient (Wildman–Crippen LogP) is 6.71. The van der Waals surface area contributed by atoms with Gasteiger partial charge in [0.05, 0.1) is 17.7 Å². The minimum atomic E-state index is 0.722. The third-order valence-electron chi connectivity index (χ3n) is 3.47. The smallest absolute Gasteiger partial charge is 0.141 e. The summed E-state index contributed by atoms with van der Waals surface area (Å²) in [5, 5.41) is 4.22. The van der Waals surface area contributed by atoms with Crippen LogP contribution in [0.3, 0.4) is 0 Å². The molecule has 0 bridgehead atoms. The highest BCUT2D eigenvalue weighted by atomic mass is 79.9. The van der Waals surface area contributed by atoms with Crippen molar-refractivity contribution in [2.75, 3.05) is 23.9 Å². The standard InChI is InChI=1S/C18H21Br3O2/c19-9-3-5-11-22-17-13-16(21)18(23-12-6-4-10-20)15-8-2-1-7-14(15)17/h1-2,7-8,13H,3-6,9-12H2. The van der Waals surface area contributed by atoms with E-state index in [0.717, 1.165) is 76.3 Å². The highest BCUT2D eigenvalue weighted by molar-refractivity contribution is 9.10. The molecule has 0 N–H and O–H groups in total. The Labute approximate surface area is 163 Å². The van der Waals surface area contributed by atoms with E-state index < -0.39 is 0 Å². The molecule has 126 valence electrons. The maximum Gasteiger partial charge on any atom is 0.141 e. The summed E-state index contributed by atoms with van der Waals surface area (Å²) in [6.07, 6.45) is 4.32. The molecule has 2 rings (SSSR count). The van der Waals surface area contributed by atoms with Crippen molar-refractivity contribution < 1.29 is 9.47 Å². The molecule has 0 atom stereocenters. The van der Waals surface area contributed by atoms with Gasteiger partial charge in [0.25, 0.3) is 0 Å². The van der Waals surface area contributed by atoms with Gasteiger partial charge in [0, 0.05) is 21.4 Å². The molecule has 0 radical (unpaired) electrons. The van der Waals surface area contributed by atoms with Crippen LogP contribution in [0.5, 0.6) is 11.5 Å². The lowest BCUT2D eigenvalue weighted by atomic mass is 10.1. The molecule has 0 heterocycles. The van der Waals surface area contributed by atoms with Crippen LogP contribution in [0.1, 0.15) is 25.7 Å². The van der Waals surface area contributed by atoms with Crippen molar-refractivity contribution in [2.45, 2.75) is 25.7 Å². The van der Waals surface area contributed by atoms with Crippen LogP contribution < -0.4 is 9.47 Å². The lowest BCUT2D eigenvalue weighted by Gasteiger charge is -2.15. The van der Waals surface area contributed by atoms with Crippen molar-refractivity contribution in [3.63, 3.8) is 0 Å². The normalized spacial score (nSPS) is 10.9. The number of rotatable bonds is 10. The summed E-state index contributed by atoms with van der Waals surface area (Å²) in [5.74, 6) is 1.82. The fourth-order valence-electron chi connectivity index (χ4n) is 2.30. The first-order chi connectivity index (χ1) is 11.3. The average molecular weight is 509 g/mol. The highest BCUT2D eigenvalue weighted by Crippen LogP contribution is 2.40. The van der Waals surface area contributed by atoms with Gasteiger partial charge in [-0.3, -0.25) is 0 Å². The van der Waals surface area contributed by atoms with E-state index >= 15 is 0 Å². The molecule has 0 unspecified atom stereocenters. The minimum absolute atomic E-state index is 0.722. The van der Waals surface area contributed by atoms with E-state index in [1.165, 1.54) is 0 Å². The second kappa shape index (κ2) is 10.6. The zero-order chi connectivity index (χ0) is 16.5. The first kappa shape index (κ1) is 19.1. The van der Waals surface area contributed by atoms with E-state index in [1.54, 1.807) is 0 Å². The van der Waals surface area contributed by atoms with Crippen molar-refractivity contribution in [3.8, 4) is 11.5 Å². The molecular weight excluding hydrogens is 488 g/mol. The van der Waals surface area contributed by atoms with Crippen molar-refractivity contribution in [3.05, 3.63) is 34.8 Å². The molecule has 0 amide bonds. The summed E-state index contributed by atoms with van der Waals surface area (Å²) in [4.78, 5) is 0. The minimum Gasteiger partial charge on any atom is -0.493 e. The van der Waals surface area contributed by atoms with Crippen LogP contribution in [0.25, 0.3) is 10.8 Å². The number of halogens is 3. The Morgan fingerprint density at radius 2 is 1.39 bits per heavy atom. The molecule has 23 heavy (non-hydrogen) atoms. The Balaban J connectivity index is 2.19. The Bertz CT molecular complexity index is 616. The molecule has 0 fully saturated rings.